The van der Waals surface area contributed by atoms with Gasteiger partial charge in [0.1, 0.15) is 5.01 Å². The molecule has 1 amide bonds. The van der Waals surface area contributed by atoms with Gasteiger partial charge in [-0.1, -0.05) is 42.4 Å². The Morgan fingerprint density at radius 3 is 2.92 bits per heavy atom. The number of H-pyrrole nitrogens is 1. The van der Waals surface area contributed by atoms with E-state index in [1.165, 1.54) is 30.6 Å². The Balaban J connectivity index is 1.53. The van der Waals surface area contributed by atoms with Crippen molar-refractivity contribution in [2.75, 3.05) is 11.1 Å². The Morgan fingerprint density at radius 2 is 2.17 bits per heavy atom. The minimum Gasteiger partial charge on any atom is -0.493 e. The molecule has 1 aliphatic rings. The number of carbonyl (C=O) groups excluding carboxylic acids is 1. The monoisotopic (exact) mass is 367 g/mol. The van der Waals surface area contributed by atoms with E-state index in [2.05, 4.69) is 25.5 Å². The lowest BCUT2D eigenvalue weighted by atomic mass is 9.90. The molecular formula is C14H17N5O3S2. The fraction of sp³-hybridized carbons (Fsp3) is 0.500. The summed E-state index contributed by atoms with van der Waals surface area (Å²) >= 11 is 2.45. The molecule has 3 rings (SSSR count). The van der Waals surface area contributed by atoms with Crippen LogP contribution in [0.3, 0.4) is 0 Å². The molecule has 0 unspecified atom stereocenters. The quantitative estimate of drug-likeness (QED) is 0.546. The highest BCUT2D eigenvalue weighted by Gasteiger charge is 2.20. The van der Waals surface area contributed by atoms with E-state index in [9.17, 15) is 14.7 Å². The van der Waals surface area contributed by atoms with Gasteiger partial charge >= 0.3 is 0 Å². The first kappa shape index (κ1) is 16.9. The molecule has 0 radical (unpaired) electrons. The molecule has 3 N–H and O–H groups in total. The Morgan fingerprint density at radius 1 is 1.38 bits per heavy atom. The second-order valence-corrected chi connectivity index (χ2v) is 7.50. The van der Waals surface area contributed by atoms with Crippen molar-refractivity contribution < 1.29 is 9.90 Å². The molecule has 2 aromatic rings. The van der Waals surface area contributed by atoms with Crippen LogP contribution in [0.5, 0.6) is 5.88 Å². The first-order chi connectivity index (χ1) is 11.6. The van der Waals surface area contributed by atoms with Crippen LogP contribution in [0.1, 0.15) is 43.0 Å². The van der Waals surface area contributed by atoms with E-state index in [0.717, 1.165) is 35.7 Å². The van der Waals surface area contributed by atoms with Crippen LogP contribution in [0.25, 0.3) is 0 Å². The highest BCUT2D eigenvalue weighted by atomic mass is 32.2. The van der Waals surface area contributed by atoms with Gasteiger partial charge < -0.3 is 10.1 Å². The van der Waals surface area contributed by atoms with Crippen molar-refractivity contribution in [3.8, 4) is 5.88 Å². The van der Waals surface area contributed by atoms with Crippen molar-refractivity contribution in [2.45, 2.75) is 43.2 Å². The van der Waals surface area contributed by atoms with Crippen LogP contribution >= 0.6 is 23.1 Å². The zero-order valence-corrected chi connectivity index (χ0v) is 14.5. The van der Waals surface area contributed by atoms with Crippen LogP contribution in [-0.4, -0.2) is 36.9 Å². The van der Waals surface area contributed by atoms with Gasteiger partial charge in [0.15, 0.2) is 5.16 Å². The number of amides is 1. The third-order valence-corrected chi connectivity index (χ3v) is 5.56. The predicted molar refractivity (Wildman–Crippen MR) is 91.6 cm³/mol. The topological polar surface area (TPSA) is 121 Å². The van der Waals surface area contributed by atoms with E-state index in [1.807, 2.05) is 0 Å². The van der Waals surface area contributed by atoms with Crippen molar-refractivity contribution in [3.05, 3.63) is 21.4 Å². The number of hydrogen-bond donors (Lipinski definition) is 3. The molecule has 0 bridgehead atoms. The first-order valence-electron chi connectivity index (χ1n) is 7.66. The van der Waals surface area contributed by atoms with Gasteiger partial charge in [-0.25, -0.2) is 0 Å². The number of thioether (sulfide) groups is 1. The summed E-state index contributed by atoms with van der Waals surface area (Å²) < 4.78 is 0. The number of rotatable bonds is 5. The lowest BCUT2D eigenvalue weighted by molar-refractivity contribution is -0.113. The number of carbonyl (C=O) groups is 1. The third-order valence-electron chi connectivity index (χ3n) is 3.69. The van der Waals surface area contributed by atoms with Gasteiger partial charge in [-0.2, -0.15) is 4.98 Å². The van der Waals surface area contributed by atoms with Crippen molar-refractivity contribution in [2.24, 2.45) is 0 Å². The van der Waals surface area contributed by atoms with Crippen molar-refractivity contribution in [1.29, 1.82) is 0 Å². The SMILES string of the molecule is O=C(CSc1nc(O)cc(=O)[nH]1)Nc1nnc(C2CCCCC2)s1. The van der Waals surface area contributed by atoms with E-state index in [1.54, 1.807) is 0 Å². The molecule has 1 fully saturated rings. The van der Waals surface area contributed by atoms with Crippen LogP contribution in [0.15, 0.2) is 16.0 Å². The summed E-state index contributed by atoms with van der Waals surface area (Å²) in [6, 6.07) is 0.970. The lowest BCUT2D eigenvalue weighted by Crippen LogP contribution is -2.15. The smallest absolute Gasteiger partial charge is 0.255 e. The molecule has 10 heteroatoms. The van der Waals surface area contributed by atoms with Gasteiger partial charge in [-0.3, -0.25) is 14.9 Å². The van der Waals surface area contributed by atoms with Gasteiger partial charge in [0.05, 0.1) is 11.8 Å². The molecule has 0 atom stereocenters. The zero-order chi connectivity index (χ0) is 16.9. The maximum Gasteiger partial charge on any atom is 0.255 e. The maximum atomic E-state index is 12.0. The molecule has 2 aromatic heterocycles. The van der Waals surface area contributed by atoms with Gasteiger partial charge in [-0.15, -0.1) is 10.2 Å². The first-order valence-corrected chi connectivity index (χ1v) is 9.47. The molecule has 2 heterocycles. The number of aromatic nitrogens is 4. The molecule has 128 valence electrons. The number of nitrogens with one attached hydrogen (secondary N) is 2. The highest BCUT2D eigenvalue weighted by Crippen LogP contribution is 2.35. The number of hydrogen-bond acceptors (Lipinski definition) is 8. The Hall–Kier alpha value is -1.94. The minimum atomic E-state index is -0.466. The van der Waals surface area contributed by atoms with Gasteiger partial charge in [0.25, 0.3) is 5.56 Å². The summed E-state index contributed by atoms with van der Waals surface area (Å²) in [5.74, 6) is -0.136. The summed E-state index contributed by atoms with van der Waals surface area (Å²) in [6.07, 6.45) is 5.99. The molecule has 1 aliphatic carbocycles. The summed E-state index contributed by atoms with van der Waals surface area (Å²) in [5.41, 5.74) is -0.466. The number of nitrogens with zero attached hydrogens (tertiary/aromatic N) is 3. The predicted octanol–water partition coefficient (Wildman–Crippen LogP) is 2.11. The van der Waals surface area contributed by atoms with Crippen LogP contribution in [0.4, 0.5) is 5.13 Å². The molecule has 0 spiro atoms. The standard InChI is InChI=1S/C14H17N5O3S2/c20-9-6-10(21)16-13(15-9)23-7-11(22)17-14-19-18-12(24-14)8-4-2-1-3-5-8/h6,8H,1-5,7H2,(H,17,19,22)(H2,15,16,20,21). The lowest BCUT2D eigenvalue weighted by Gasteiger charge is -2.18. The molecule has 0 saturated heterocycles. The second-order valence-electron chi connectivity index (χ2n) is 5.53. The van der Waals surface area contributed by atoms with Crippen LogP contribution in [0.2, 0.25) is 0 Å². The van der Waals surface area contributed by atoms with Crippen molar-refractivity contribution >= 4 is 34.1 Å². The van der Waals surface area contributed by atoms with Crippen molar-refractivity contribution in [1.82, 2.24) is 20.2 Å². The number of aromatic amines is 1. The molecular weight excluding hydrogens is 350 g/mol. The fourth-order valence-corrected chi connectivity index (χ4v) is 4.18. The van der Waals surface area contributed by atoms with Gasteiger partial charge in [0, 0.05) is 5.92 Å². The average Bonchev–Trinajstić information content (AvgIpc) is 3.01. The van der Waals surface area contributed by atoms with E-state index in [4.69, 9.17) is 0 Å². The Bertz CT molecular complexity index is 770. The molecule has 0 aliphatic heterocycles. The summed E-state index contributed by atoms with van der Waals surface area (Å²) in [5, 5.41) is 21.8. The average molecular weight is 367 g/mol. The number of anilines is 1. The van der Waals surface area contributed by atoms with Gasteiger partial charge in [-0.05, 0) is 12.8 Å². The second kappa shape index (κ2) is 7.75. The zero-order valence-electron chi connectivity index (χ0n) is 12.8. The van der Waals surface area contributed by atoms with E-state index in [-0.39, 0.29) is 22.7 Å². The fourth-order valence-electron chi connectivity index (χ4n) is 2.58. The Labute approximate surface area is 146 Å². The van der Waals surface area contributed by atoms with E-state index < -0.39 is 5.56 Å². The van der Waals surface area contributed by atoms with E-state index >= 15 is 0 Å². The summed E-state index contributed by atoms with van der Waals surface area (Å²) in [4.78, 5) is 29.4. The third kappa shape index (κ3) is 4.54. The number of aromatic hydroxyl groups is 1. The normalized spacial score (nSPS) is 15.3. The van der Waals surface area contributed by atoms with Crippen molar-refractivity contribution in [3.63, 3.8) is 0 Å². The molecule has 0 aromatic carbocycles. The van der Waals surface area contributed by atoms with E-state index in [0.29, 0.717) is 11.0 Å². The molecule has 1 saturated carbocycles. The van der Waals surface area contributed by atoms with Crippen LogP contribution < -0.4 is 10.9 Å². The molecule has 24 heavy (non-hydrogen) atoms. The highest BCUT2D eigenvalue weighted by molar-refractivity contribution is 7.99. The van der Waals surface area contributed by atoms with Gasteiger partial charge in [0.2, 0.25) is 16.9 Å². The van der Waals surface area contributed by atoms with Crippen LogP contribution in [-0.2, 0) is 4.79 Å². The summed E-state index contributed by atoms with van der Waals surface area (Å²) in [7, 11) is 0. The van der Waals surface area contributed by atoms with Crippen LogP contribution in [0, 0.1) is 0 Å². The minimum absolute atomic E-state index is 0.0464. The molecule has 8 nitrogen and oxygen atoms in total. The Kier molecular flexibility index (Phi) is 5.46. The summed E-state index contributed by atoms with van der Waals surface area (Å²) in [6.45, 7) is 0. The maximum absolute atomic E-state index is 12.0. The largest absolute Gasteiger partial charge is 0.493 e.